The first-order chi connectivity index (χ1) is 12.0. The zero-order valence-corrected chi connectivity index (χ0v) is 14.1. The fraction of sp³-hybridized carbons (Fsp3) is 0.353. The van der Waals surface area contributed by atoms with Crippen LogP contribution in [-0.4, -0.2) is 50.3 Å². The van der Waals surface area contributed by atoms with E-state index in [4.69, 9.17) is 0 Å². The molecule has 25 heavy (non-hydrogen) atoms. The van der Waals surface area contributed by atoms with Gasteiger partial charge in [0, 0.05) is 18.8 Å². The van der Waals surface area contributed by atoms with Gasteiger partial charge >= 0.3 is 17.9 Å². The molecule has 2 rings (SSSR count). The largest absolute Gasteiger partial charge is 0.478 e. The first kappa shape index (κ1) is 18.3. The second kappa shape index (κ2) is 8.18. The fourth-order valence-corrected chi connectivity index (χ4v) is 2.61. The summed E-state index contributed by atoms with van der Waals surface area (Å²) in [6, 6.07) is 4.75. The van der Waals surface area contributed by atoms with Crippen LogP contribution in [0.2, 0.25) is 0 Å². The van der Waals surface area contributed by atoms with Crippen molar-refractivity contribution in [3.05, 3.63) is 35.5 Å². The number of carboxylic acid groups (broad SMARTS) is 1. The summed E-state index contributed by atoms with van der Waals surface area (Å²) < 4.78 is 9.11. The van der Waals surface area contributed by atoms with Crippen molar-refractivity contribution < 1.29 is 29.0 Å². The van der Waals surface area contributed by atoms with Gasteiger partial charge in [0.2, 0.25) is 0 Å². The normalized spacial score (nSPS) is 14.2. The van der Waals surface area contributed by atoms with Crippen molar-refractivity contribution in [2.45, 2.75) is 12.8 Å². The van der Waals surface area contributed by atoms with E-state index >= 15 is 0 Å². The number of benzene rings is 1. The number of esters is 2. The molecular weight excluding hydrogens is 328 g/mol. The van der Waals surface area contributed by atoms with Gasteiger partial charge in [-0.1, -0.05) is 0 Å². The lowest BCUT2D eigenvalue weighted by Crippen LogP contribution is -2.21. The Labute approximate surface area is 145 Å². The van der Waals surface area contributed by atoms with Crippen LogP contribution >= 0.6 is 0 Å². The van der Waals surface area contributed by atoms with Crippen molar-refractivity contribution in [3.63, 3.8) is 0 Å². The molecule has 0 spiro atoms. The third-order valence-electron chi connectivity index (χ3n) is 3.82. The lowest BCUT2D eigenvalue weighted by molar-refractivity contribution is -0.138. The maximum atomic E-state index is 11.8. The number of nitrogens with one attached hydrogen (secondary N) is 1. The highest BCUT2D eigenvalue weighted by molar-refractivity contribution is 6.00. The molecule has 134 valence electrons. The Balaban J connectivity index is 2.33. The lowest BCUT2D eigenvalue weighted by Gasteiger charge is -2.21. The summed E-state index contributed by atoms with van der Waals surface area (Å²) in [5.74, 6) is -2.58. The van der Waals surface area contributed by atoms with Crippen molar-refractivity contribution in [1.29, 1.82) is 0 Å². The standard InChI is InChI=1S/C17H20N2O6/c1-24-15(20)10-13(17(23)25-2)18-11-5-6-14(12(9-11)16(21)22)19-7-3-4-8-19/h5-6,9-10,18H,3-4,7-8H2,1-2H3,(H,21,22)/b13-10+. The second-order valence-corrected chi connectivity index (χ2v) is 5.43. The van der Waals surface area contributed by atoms with Gasteiger partial charge in [-0.15, -0.1) is 0 Å². The van der Waals surface area contributed by atoms with Crippen molar-refractivity contribution in [2.75, 3.05) is 37.5 Å². The molecule has 8 heteroatoms. The minimum absolute atomic E-state index is 0.120. The lowest BCUT2D eigenvalue weighted by atomic mass is 10.1. The molecular formula is C17H20N2O6. The molecule has 8 nitrogen and oxygen atoms in total. The number of ether oxygens (including phenoxy) is 2. The van der Waals surface area contributed by atoms with E-state index in [1.165, 1.54) is 20.3 Å². The van der Waals surface area contributed by atoms with Crippen molar-refractivity contribution in [3.8, 4) is 0 Å². The number of anilines is 2. The van der Waals surface area contributed by atoms with Crippen LogP contribution in [0.15, 0.2) is 30.0 Å². The minimum atomic E-state index is -1.07. The minimum Gasteiger partial charge on any atom is -0.478 e. The van der Waals surface area contributed by atoms with Crippen LogP contribution < -0.4 is 10.2 Å². The van der Waals surface area contributed by atoms with Crippen LogP contribution in [0.5, 0.6) is 0 Å². The van der Waals surface area contributed by atoms with E-state index in [2.05, 4.69) is 14.8 Å². The van der Waals surface area contributed by atoms with Gasteiger partial charge in [-0.3, -0.25) is 0 Å². The molecule has 0 saturated carbocycles. The van der Waals surface area contributed by atoms with Gasteiger partial charge < -0.3 is 24.8 Å². The summed E-state index contributed by atoms with van der Waals surface area (Å²) in [4.78, 5) is 36.8. The summed E-state index contributed by atoms with van der Waals surface area (Å²) in [5.41, 5.74) is 0.946. The number of carbonyl (C=O) groups excluding carboxylic acids is 2. The first-order valence-electron chi connectivity index (χ1n) is 7.73. The topological polar surface area (TPSA) is 105 Å². The van der Waals surface area contributed by atoms with E-state index in [1.54, 1.807) is 12.1 Å². The number of aromatic carboxylic acids is 1. The maximum absolute atomic E-state index is 11.8. The Bertz CT molecular complexity index is 707. The quantitative estimate of drug-likeness (QED) is 0.590. The number of hydrogen-bond donors (Lipinski definition) is 2. The van der Waals surface area contributed by atoms with Crippen LogP contribution in [-0.2, 0) is 19.1 Å². The second-order valence-electron chi connectivity index (χ2n) is 5.43. The molecule has 1 fully saturated rings. The number of nitrogens with zero attached hydrogens (tertiary/aromatic N) is 1. The number of rotatable bonds is 6. The van der Waals surface area contributed by atoms with Crippen LogP contribution in [0.1, 0.15) is 23.2 Å². The Morgan fingerprint density at radius 3 is 2.40 bits per heavy atom. The number of hydrogen-bond acceptors (Lipinski definition) is 7. The summed E-state index contributed by atoms with van der Waals surface area (Å²) in [6.45, 7) is 1.62. The van der Waals surface area contributed by atoms with Crippen molar-refractivity contribution in [2.24, 2.45) is 0 Å². The molecule has 1 aliphatic rings. The zero-order chi connectivity index (χ0) is 18.4. The van der Waals surface area contributed by atoms with Crippen LogP contribution in [0, 0.1) is 0 Å². The van der Waals surface area contributed by atoms with E-state index in [-0.39, 0.29) is 11.3 Å². The van der Waals surface area contributed by atoms with E-state index in [9.17, 15) is 19.5 Å². The zero-order valence-electron chi connectivity index (χ0n) is 14.1. The van der Waals surface area contributed by atoms with Gasteiger partial charge in [-0.05, 0) is 31.0 Å². The van der Waals surface area contributed by atoms with Gasteiger partial charge in [0.1, 0.15) is 5.70 Å². The van der Waals surface area contributed by atoms with Gasteiger partial charge in [0.15, 0.2) is 0 Å². The van der Waals surface area contributed by atoms with E-state index in [1.807, 2.05) is 4.90 Å². The van der Waals surface area contributed by atoms with Gasteiger partial charge in [-0.2, -0.15) is 0 Å². The predicted octanol–water partition coefficient (Wildman–Crippen LogP) is 1.63. The summed E-state index contributed by atoms with van der Waals surface area (Å²) in [7, 11) is 2.36. The predicted molar refractivity (Wildman–Crippen MR) is 90.6 cm³/mol. The van der Waals surface area contributed by atoms with Crippen LogP contribution in [0.25, 0.3) is 0 Å². The molecule has 1 saturated heterocycles. The number of methoxy groups -OCH3 is 2. The maximum Gasteiger partial charge on any atom is 0.354 e. The third-order valence-corrected chi connectivity index (χ3v) is 3.82. The third kappa shape index (κ3) is 4.50. The number of carboxylic acids is 1. The van der Waals surface area contributed by atoms with E-state index < -0.39 is 17.9 Å². The van der Waals surface area contributed by atoms with E-state index in [0.29, 0.717) is 11.4 Å². The van der Waals surface area contributed by atoms with Gasteiger partial charge in [-0.25, -0.2) is 14.4 Å². The molecule has 0 aliphatic carbocycles. The Morgan fingerprint density at radius 1 is 1.16 bits per heavy atom. The highest BCUT2D eigenvalue weighted by Gasteiger charge is 2.20. The molecule has 0 amide bonds. The molecule has 1 aromatic carbocycles. The summed E-state index contributed by atoms with van der Waals surface area (Å²) in [6.07, 6.45) is 2.99. The Morgan fingerprint density at radius 2 is 1.84 bits per heavy atom. The molecule has 0 bridgehead atoms. The highest BCUT2D eigenvalue weighted by Crippen LogP contribution is 2.28. The molecule has 0 unspecified atom stereocenters. The molecule has 1 aliphatic heterocycles. The fourth-order valence-electron chi connectivity index (χ4n) is 2.61. The van der Waals surface area contributed by atoms with E-state index in [0.717, 1.165) is 32.0 Å². The Kier molecular flexibility index (Phi) is 5.99. The average Bonchev–Trinajstić information content (AvgIpc) is 3.14. The summed E-state index contributed by atoms with van der Waals surface area (Å²) >= 11 is 0. The van der Waals surface area contributed by atoms with Crippen LogP contribution in [0.4, 0.5) is 11.4 Å². The molecule has 0 aromatic heterocycles. The molecule has 2 N–H and O–H groups in total. The molecule has 1 heterocycles. The highest BCUT2D eigenvalue weighted by atomic mass is 16.5. The molecule has 1 aromatic rings. The Hall–Kier alpha value is -3.03. The smallest absolute Gasteiger partial charge is 0.354 e. The summed E-state index contributed by atoms with van der Waals surface area (Å²) in [5, 5.41) is 12.2. The first-order valence-corrected chi connectivity index (χ1v) is 7.73. The van der Waals surface area contributed by atoms with Crippen molar-refractivity contribution >= 4 is 29.3 Å². The van der Waals surface area contributed by atoms with Crippen molar-refractivity contribution in [1.82, 2.24) is 0 Å². The molecule has 0 atom stereocenters. The van der Waals surface area contributed by atoms with Gasteiger partial charge in [0.05, 0.1) is 31.5 Å². The average molecular weight is 348 g/mol. The number of carbonyl (C=O) groups is 3. The SMILES string of the molecule is COC(=O)/C=C(/Nc1ccc(N2CCCC2)c(C(=O)O)c1)C(=O)OC. The van der Waals surface area contributed by atoms with Crippen LogP contribution in [0.3, 0.4) is 0 Å². The monoisotopic (exact) mass is 348 g/mol. The molecule has 0 radical (unpaired) electrons. The van der Waals surface area contributed by atoms with Gasteiger partial charge in [0.25, 0.3) is 0 Å².